The molecule has 0 bridgehead atoms. The molecule has 0 spiro atoms. The molecule has 1 aliphatic rings. The summed E-state index contributed by atoms with van der Waals surface area (Å²) in [5, 5.41) is 3.43. The molecule has 0 radical (unpaired) electrons. The van der Waals surface area contributed by atoms with Crippen molar-refractivity contribution in [3.8, 4) is 5.75 Å². The maximum absolute atomic E-state index is 5.93. The van der Waals surface area contributed by atoms with E-state index in [-0.39, 0.29) is 0 Å². The molecule has 106 valence electrons. The molecule has 0 amide bonds. The maximum Gasteiger partial charge on any atom is 0.123 e. The van der Waals surface area contributed by atoms with Gasteiger partial charge in [0.15, 0.2) is 0 Å². The van der Waals surface area contributed by atoms with Gasteiger partial charge in [0.05, 0.1) is 0 Å². The van der Waals surface area contributed by atoms with E-state index in [1.807, 2.05) is 6.07 Å². The van der Waals surface area contributed by atoms with E-state index in [9.17, 15) is 0 Å². The summed E-state index contributed by atoms with van der Waals surface area (Å²) >= 11 is 0. The zero-order valence-corrected chi connectivity index (χ0v) is 12.2. The van der Waals surface area contributed by atoms with Gasteiger partial charge in [-0.25, -0.2) is 0 Å². The topological polar surface area (TPSA) is 24.5 Å². The van der Waals surface area contributed by atoms with Gasteiger partial charge in [-0.15, -0.1) is 0 Å². The molecule has 0 atom stereocenters. The fraction of sp³-hybridized carbons (Fsp3) is 0.625. The van der Waals surface area contributed by atoms with Crippen LogP contribution in [0.25, 0.3) is 0 Å². The van der Waals surface area contributed by atoms with E-state index in [2.05, 4.69) is 42.4 Å². The molecule has 0 heterocycles. The molecule has 3 heteroatoms. The van der Waals surface area contributed by atoms with Crippen molar-refractivity contribution in [2.24, 2.45) is 0 Å². The highest BCUT2D eigenvalue weighted by atomic mass is 16.5. The molecule has 1 N–H and O–H groups in total. The average Bonchev–Trinajstić information content (AvgIpc) is 3.25. The van der Waals surface area contributed by atoms with Gasteiger partial charge in [0.25, 0.3) is 0 Å². The van der Waals surface area contributed by atoms with Crippen molar-refractivity contribution in [2.45, 2.75) is 38.8 Å². The van der Waals surface area contributed by atoms with Crippen LogP contribution in [-0.2, 0) is 6.54 Å². The summed E-state index contributed by atoms with van der Waals surface area (Å²) in [5.41, 5.74) is 1.25. The van der Waals surface area contributed by atoms with E-state index in [4.69, 9.17) is 4.74 Å². The van der Waals surface area contributed by atoms with Crippen molar-refractivity contribution in [3.63, 3.8) is 0 Å². The molecule has 1 saturated carbocycles. The lowest BCUT2D eigenvalue weighted by Gasteiger charge is -2.17. The fourth-order valence-corrected chi connectivity index (χ4v) is 2.19. The van der Waals surface area contributed by atoms with Gasteiger partial charge in [-0.1, -0.05) is 25.1 Å². The van der Waals surface area contributed by atoms with Crippen LogP contribution >= 0.6 is 0 Å². The predicted molar refractivity (Wildman–Crippen MR) is 79.6 cm³/mol. The first-order valence-electron chi connectivity index (χ1n) is 7.43. The number of ether oxygens (including phenoxy) is 1. The minimum atomic E-state index is 0.776. The highest BCUT2D eigenvalue weighted by Gasteiger charge is 2.25. The van der Waals surface area contributed by atoms with Gasteiger partial charge < -0.3 is 15.0 Å². The van der Waals surface area contributed by atoms with Gasteiger partial charge in [-0.3, -0.25) is 0 Å². The third kappa shape index (κ3) is 4.84. The van der Waals surface area contributed by atoms with E-state index in [0.29, 0.717) is 0 Å². The Morgan fingerprint density at radius 2 is 2.11 bits per heavy atom. The predicted octanol–water partition coefficient (Wildman–Crippen LogP) is 2.66. The zero-order valence-electron chi connectivity index (χ0n) is 12.2. The second-order valence-electron chi connectivity index (χ2n) is 5.34. The first-order chi connectivity index (χ1) is 9.31. The van der Waals surface area contributed by atoms with E-state index >= 15 is 0 Å². The molecular weight excluding hydrogens is 236 g/mol. The van der Waals surface area contributed by atoms with Crippen LogP contribution in [0.3, 0.4) is 0 Å². The number of rotatable bonds is 9. The van der Waals surface area contributed by atoms with Crippen LogP contribution in [0.4, 0.5) is 0 Å². The number of hydrogen-bond acceptors (Lipinski definition) is 3. The summed E-state index contributed by atoms with van der Waals surface area (Å²) < 4.78 is 5.93. The summed E-state index contributed by atoms with van der Waals surface area (Å²) in [5.74, 6) is 1.02. The number of nitrogens with one attached hydrogen (secondary N) is 1. The van der Waals surface area contributed by atoms with Crippen molar-refractivity contribution in [1.82, 2.24) is 10.2 Å². The Morgan fingerprint density at radius 3 is 2.84 bits per heavy atom. The van der Waals surface area contributed by atoms with Crippen LogP contribution in [-0.4, -0.2) is 37.7 Å². The smallest absolute Gasteiger partial charge is 0.123 e. The number of benzene rings is 1. The average molecular weight is 262 g/mol. The van der Waals surface area contributed by atoms with Crippen molar-refractivity contribution in [2.75, 3.05) is 26.7 Å². The van der Waals surface area contributed by atoms with E-state index in [1.165, 1.54) is 18.4 Å². The number of likely N-dealkylation sites (N-methyl/N-ethyl adjacent to an activating group) is 1. The normalized spacial score (nSPS) is 14.9. The first-order valence-corrected chi connectivity index (χ1v) is 7.43. The summed E-state index contributed by atoms with van der Waals surface area (Å²) in [6, 6.07) is 9.14. The van der Waals surface area contributed by atoms with E-state index < -0.39 is 0 Å². The highest BCUT2D eigenvalue weighted by Crippen LogP contribution is 2.25. The van der Waals surface area contributed by atoms with Crippen LogP contribution in [0.2, 0.25) is 0 Å². The third-order valence-corrected chi connectivity index (χ3v) is 3.59. The Balaban J connectivity index is 1.77. The van der Waals surface area contributed by atoms with Gasteiger partial charge in [0, 0.05) is 24.7 Å². The Kier molecular flexibility index (Phi) is 5.67. The van der Waals surface area contributed by atoms with Crippen LogP contribution in [0, 0.1) is 0 Å². The molecule has 0 unspecified atom stereocenters. The van der Waals surface area contributed by atoms with E-state index in [0.717, 1.165) is 44.5 Å². The molecule has 0 aliphatic heterocycles. The van der Waals surface area contributed by atoms with Crippen molar-refractivity contribution >= 4 is 0 Å². The second-order valence-corrected chi connectivity index (χ2v) is 5.34. The van der Waals surface area contributed by atoms with Crippen LogP contribution in [0.5, 0.6) is 5.75 Å². The van der Waals surface area contributed by atoms with Crippen LogP contribution < -0.4 is 10.1 Å². The highest BCUT2D eigenvalue weighted by molar-refractivity contribution is 5.33. The standard InChI is InChI=1S/C16H26N2O/c1-3-10-17-13-14-6-4-5-7-16(14)19-12-11-18(2)15-8-9-15/h4-7,15,17H,3,8-13H2,1-2H3. The Hall–Kier alpha value is -1.06. The first kappa shape index (κ1) is 14.4. The summed E-state index contributed by atoms with van der Waals surface area (Å²) in [6.45, 7) is 5.92. The summed E-state index contributed by atoms with van der Waals surface area (Å²) in [4.78, 5) is 2.40. The molecule has 19 heavy (non-hydrogen) atoms. The van der Waals surface area contributed by atoms with E-state index in [1.54, 1.807) is 0 Å². The molecule has 1 fully saturated rings. The Bertz CT molecular complexity index is 377. The molecule has 2 rings (SSSR count). The summed E-state index contributed by atoms with van der Waals surface area (Å²) in [6.07, 6.45) is 3.87. The SMILES string of the molecule is CCCNCc1ccccc1OCCN(C)C1CC1. The van der Waals surface area contributed by atoms with Gasteiger partial charge in [-0.05, 0) is 38.9 Å². The Labute approximate surface area is 116 Å². The van der Waals surface area contributed by atoms with Gasteiger partial charge >= 0.3 is 0 Å². The monoisotopic (exact) mass is 262 g/mol. The molecular formula is C16H26N2O. The Morgan fingerprint density at radius 1 is 1.32 bits per heavy atom. The maximum atomic E-state index is 5.93. The third-order valence-electron chi connectivity index (χ3n) is 3.59. The minimum absolute atomic E-state index is 0.776. The lowest BCUT2D eigenvalue weighted by Crippen LogP contribution is -2.26. The van der Waals surface area contributed by atoms with Gasteiger partial charge in [0.2, 0.25) is 0 Å². The molecule has 0 aromatic heterocycles. The number of hydrogen-bond donors (Lipinski definition) is 1. The lowest BCUT2D eigenvalue weighted by atomic mass is 10.2. The van der Waals surface area contributed by atoms with Gasteiger partial charge in [0.1, 0.15) is 12.4 Å². The molecule has 1 aromatic rings. The fourth-order valence-electron chi connectivity index (χ4n) is 2.19. The second kappa shape index (κ2) is 7.51. The van der Waals surface area contributed by atoms with Crippen molar-refractivity contribution in [3.05, 3.63) is 29.8 Å². The molecule has 3 nitrogen and oxygen atoms in total. The summed E-state index contributed by atoms with van der Waals surface area (Å²) in [7, 11) is 2.19. The van der Waals surface area contributed by atoms with Crippen LogP contribution in [0.1, 0.15) is 31.7 Å². The number of para-hydroxylation sites is 1. The largest absolute Gasteiger partial charge is 0.492 e. The quantitative estimate of drug-likeness (QED) is 0.692. The molecule has 1 aromatic carbocycles. The molecule has 1 aliphatic carbocycles. The zero-order chi connectivity index (χ0) is 13.5. The lowest BCUT2D eigenvalue weighted by molar-refractivity contribution is 0.230. The van der Waals surface area contributed by atoms with Crippen LogP contribution in [0.15, 0.2) is 24.3 Å². The molecule has 0 saturated heterocycles. The van der Waals surface area contributed by atoms with Gasteiger partial charge in [-0.2, -0.15) is 0 Å². The minimum Gasteiger partial charge on any atom is -0.492 e. The van der Waals surface area contributed by atoms with Crippen molar-refractivity contribution in [1.29, 1.82) is 0 Å². The van der Waals surface area contributed by atoms with Crippen molar-refractivity contribution < 1.29 is 4.74 Å². The number of nitrogens with zero attached hydrogens (tertiary/aromatic N) is 1.